The topological polar surface area (TPSA) is 58.6 Å². The first kappa shape index (κ1) is 11.5. The van der Waals surface area contributed by atoms with Crippen LogP contribution in [0.25, 0.3) is 0 Å². The summed E-state index contributed by atoms with van der Waals surface area (Å²) in [6.45, 7) is 4.35. The van der Waals surface area contributed by atoms with Crippen LogP contribution in [0.1, 0.15) is 26.7 Å². The van der Waals surface area contributed by atoms with Gasteiger partial charge in [0.05, 0.1) is 19.1 Å². The van der Waals surface area contributed by atoms with Gasteiger partial charge >= 0.3 is 5.97 Å². The number of nitrogens with one attached hydrogen (secondary N) is 1. The van der Waals surface area contributed by atoms with Crippen LogP contribution in [0.4, 0.5) is 0 Å². The highest BCUT2D eigenvalue weighted by Crippen LogP contribution is 2.35. The molecule has 0 radical (unpaired) electrons. The summed E-state index contributed by atoms with van der Waals surface area (Å²) < 4.78 is 4.69. The lowest BCUT2D eigenvalue weighted by atomic mass is 9.93. The zero-order valence-electron chi connectivity index (χ0n) is 9.09. The number of rotatable bonds is 5. The third-order valence-electron chi connectivity index (χ3n) is 2.80. The van der Waals surface area contributed by atoms with E-state index in [0.717, 1.165) is 12.8 Å². The average molecular weight is 201 g/mol. The molecule has 4 nitrogen and oxygen atoms in total. The highest BCUT2D eigenvalue weighted by Gasteiger charge is 2.43. The standard InChI is InChI=1S/C10H19NO3/c1-9(2,8(13)14-3)6-11-10(7-12)4-5-10/h11-12H,4-7H2,1-3H3. The monoisotopic (exact) mass is 201 g/mol. The molecule has 1 aliphatic rings. The van der Waals surface area contributed by atoms with E-state index >= 15 is 0 Å². The summed E-state index contributed by atoms with van der Waals surface area (Å²) in [5.74, 6) is -0.223. The summed E-state index contributed by atoms with van der Waals surface area (Å²) in [7, 11) is 1.39. The van der Waals surface area contributed by atoms with Crippen molar-refractivity contribution in [2.24, 2.45) is 5.41 Å². The van der Waals surface area contributed by atoms with Gasteiger partial charge in [0.2, 0.25) is 0 Å². The Morgan fingerprint density at radius 2 is 2.14 bits per heavy atom. The molecule has 0 aromatic rings. The summed E-state index contributed by atoms with van der Waals surface area (Å²) in [6.07, 6.45) is 1.97. The molecular weight excluding hydrogens is 182 g/mol. The molecule has 1 fully saturated rings. The predicted molar refractivity (Wildman–Crippen MR) is 52.9 cm³/mol. The number of carbonyl (C=O) groups excluding carboxylic acids is 1. The van der Waals surface area contributed by atoms with E-state index < -0.39 is 5.41 Å². The van der Waals surface area contributed by atoms with Crippen LogP contribution in [0, 0.1) is 5.41 Å². The van der Waals surface area contributed by atoms with Gasteiger partial charge in [-0.15, -0.1) is 0 Å². The number of carbonyl (C=O) groups is 1. The molecule has 4 heteroatoms. The number of aliphatic hydroxyl groups excluding tert-OH is 1. The molecule has 2 N–H and O–H groups in total. The molecule has 14 heavy (non-hydrogen) atoms. The minimum absolute atomic E-state index is 0.120. The minimum atomic E-state index is -0.528. The smallest absolute Gasteiger partial charge is 0.312 e. The molecule has 0 spiro atoms. The lowest BCUT2D eigenvalue weighted by Gasteiger charge is -2.25. The second-order valence-corrected chi connectivity index (χ2v) is 4.67. The largest absolute Gasteiger partial charge is 0.469 e. The highest BCUT2D eigenvalue weighted by molar-refractivity contribution is 5.76. The zero-order valence-corrected chi connectivity index (χ0v) is 9.09. The van der Waals surface area contributed by atoms with Crippen LogP contribution in [-0.2, 0) is 9.53 Å². The third kappa shape index (κ3) is 2.45. The number of hydrogen-bond acceptors (Lipinski definition) is 4. The van der Waals surface area contributed by atoms with Gasteiger partial charge in [0, 0.05) is 12.1 Å². The Hall–Kier alpha value is -0.610. The van der Waals surface area contributed by atoms with Crippen LogP contribution < -0.4 is 5.32 Å². The summed E-state index contributed by atoms with van der Waals surface area (Å²) in [5, 5.41) is 12.3. The molecule has 0 atom stereocenters. The molecule has 0 bridgehead atoms. The summed E-state index contributed by atoms with van der Waals surface area (Å²) in [6, 6.07) is 0. The average Bonchev–Trinajstić information content (AvgIpc) is 2.94. The number of aliphatic hydroxyl groups is 1. The van der Waals surface area contributed by atoms with Crippen LogP contribution in [0.15, 0.2) is 0 Å². The predicted octanol–water partition coefficient (Wildman–Crippen LogP) is 0.300. The fourth-order valence-electron chi connectivity index (χ4n) is 1.30. The summed E-state index contributed by atoms with van der Waals surface area (Å²) in [4.78, 5) is 11.3. The molecule has 1 rings (SSSR count). The quantitative estimate of drug-likeness (QED) is 0.628. The Labute approximate surface area is 84.6 Å². The van der Waals surface area contributed by atoms with Crippen LogP contribution in [0.2, 0.25) is 0 Å². The third-order valence-corrected chi connectivity index (χ3v) is 2.80. The van der Waals surface area contributed by atoms with Crippen molar-refractivity contribution in [2.45, 2.75) is 32.2 Å². The van der Waals surface area contributed by atoms with Crippen LogP contribution in [0.3, 0.4) is 0 Å². The maximum atomic E-state index is 11.3. The van der Waals surface area contributed by atoms with Crippen LogP contribution >= 0.6 is 0 Å². The van der Waals surface area contributed by atoms with Crippen molar-refractivity contribution in [3.05, 3.63) is 0 Å². The first-order valence-electron chi connectivity index (χ1n) is 4.90. The molecule has 0 saturated heterocycles. The second kappa shape index (κ2) is 3.87. The maximum absolute atomic E-state index is 11.3. The first-order valence-corrected chi connectivity index (χ1v) is 4.90. The van der Waals surface area contributed by atoms with E-state index in [1.807, 2.05) is 13.8 Å². The van der Waals surface area contributed by atoms with Crippen molar-refractivity contribution < 1.29 is 14.6 Å². The van der Waals surface area contributed by atoms with Gasteiger partial charge in [-0.05, 0) is 26.7 Å². The lowest BCUT2D eigenvalue weighted by Crippen LogP contribution is -2.44. The van der Waals surface area contributed by atoms with Crippen molar-refractivity contribution in [3.8, 4) is 0 Å². The molecule has 1 aliphatic carbocycles. The molecule has 0 aliphatic heterocycles. The van der Waals surface area contributed by atoms with E-state index in [1.54, 1.807) is 0 Å². The van der Waals surface area contributed by atoms with Crippen LogP contribution in [0.5, 0.6) is 0 Å². The van der Waals surface area contributed by atoms with Crippen molar-refractivity contribution in [2.75, 3.05) is 20.3 Å². The molecule has 1 saturated carbocycles. The van der Waals surface area contributed by atoms with Gasteiger partial charge in [-0.2, -0.15) is 0 Å². The van der Waals surface area contributed by atoms with Gasteiger partial charge in [0.25, 0.3) is 0 Å². The maximum Gasteiger partial charge on any atom is 0.312 e. The van der Waals surface area contributed by atoms with E-state index in [4.69, 9.17) is 9.84 Å². The second-order valence-electron chi connectivity index (χ2n) is 4.67. The lowest BCUT2D eigenvalue weighted by molar-refractivity contribution is -0.150. The molecule has 0 unspecified atom stereocenters. The Morgan fingerprint density at radius 1 is 1.57 bits per heavy atom. The minimum Gasteiger partial charge on any atom is -0.469 e. The molecule has 0 aromatic carbocycles. The molecule has 0 aromatic heterocycles. The Balaban J connectivity index is 2.40. The van der Waals surface area contributed by atoms with Crippen molar-refractivity contribution >= 4 is 5.97 Å². The van der Waals surface area contributed by atoms with Crippen molar-refractivity contribution in [3.63, 3.8) is 0 Å². The van der Waals surface area contributed by atoms with Gasteiger partial charge in [-0.1, -0.05) is 0 Å². The molecule has 82 valence electrons. The molecule has 0 amide bonds. The SMILES string of the molecule is COC(=O)C(C)(C)CNC1(CO)CC1. The first-order chi connectivity index (χ1) is 6.46. The van der Waals surface area contributed by atoms with E-state index in [0.29, 0.717) is 6.54 Å². The zero-order chi connectivity index (χ0) is 10.8. The van der Waals surface area contributed by atoms with E-state index in [9.17, 15) is 4.79 Å². The van der Waals surface area contributed by atoms with Gasteiger partial charge in [-0.3, -0.25) is 4.79 Å². The Kier molecular flexibility index (Phi) is 3.17. The summed E-state index contributed by atoms with van der Waals surface area (Å²) in [5.41, 5.74) is -0.648. The molecule has 0 heterocycles. The fraction of sp³-hybridized carbons (Fsp3) is 0.900. The highest BCUT2D eigenvalue weighted by atomic mass is 16.5. The van der Waals surface area contributed by atoms with Gasteiger partial charge in [-0.25, -0.2) is 0 Å². The van der Waals surface area contributed by atoms with Crippen LogP contribution in [-0.4, -0.2) is 36.9 Å². The van der Waals surface area contributed by atoms with E-state index in [2.05, 4.69) is 5.32 Å². The normalized spacial score (nSPS) is 19.1. The van der Waals surface area contributed by atoms with Crippen molar-refractivity contribution in [1.29, 1.82) is 0 Å². The Bertz CT molecular complexity index is 221. The summed E-state index contributed by atoms with van der Waals surface area (Å²) >= 11 is 0. The van der Waals surface area contributed by atoms with Gasteiger partial charge in [0.15, 0.2) is 0 Å². The van der Waals surface area contributed by atoms with Crippen molar-refractivity contribution in [1.82, 2.24) is 5.32 Å². The van der Waals surface area contributed by atoms with E-state index in [1.165, 1.54) is 7.11 Å². The molecular formula is C10H19NO3. The Morgan fingerprint density at radius 3 is 2.50 bits per heavy atom. The van der Waals surface area contributed by atoms with Gasteiger partial charge < -0.3 is 15.2 Å². The fourth-order valence-corrected chi connectivity index (χ4v) is 1.30. The number of hydrogen-bond donors (Lipinski definition) is 2. The van der Waals surface area contributed by atoms with E-state index in [-0.39, 0.29) is 18.1 Å². The van der Waals surface area contributed by atoms with Gasteiger partial charge in [0.1, 0.15) is 0 Å². The number of methoxy groups -OCH3 is 1. The number of ether oxygens (including phenoxy) is 1. The number of esters is 1.